The Kier molecular flexibility index (Phi) is 7.25. The molecule has 0 heterocycles. The van der Waals surface area contributed by atoms with Gasteiger partial charge in [0.25, 0.3) is 0 Å². The molecule has 2 N–H and O–H groups in total. The van der Waals surface area contributed by atoms with Gasteiger partial charge in [-0.25, -0.2) is 0 Å². The number of carbonyl (C=O) groups excluding carboxylic acids is 2. The van der Waals surface area contributed by atoms with Gasteiger partial charge in [0.05, 0.1) is 7.11 Å². The van der Waals surface area contributed by atoms with E-state index in [9.17, 15) is 9.59 Å². The maximum Gasteiger partial charge on any atom is 0.309 e. The van der Waals surface area contributed by atoms with Gasteiger partial charge in [-0.1, -0.05) is 18.2 Å². The minimum absolute atomic E-state index is 0.389. The molecule has 0 fully saturated rings. The Morgan fingerprint density at radius 2 is 1.71 bits per heavy atom. The van der Waals surface area contributed by atoms with Crippen molar-refractivity contribution in [2.45, 2.75) is 6.42 Å². The zero-order chi connectivity index (χ0) is 15.7. The maximum atomic E-state index is 11.6. The van der Waals surface area contributed by atoms with Gasteiger partial charge >= 0.3 is 11.8 Å². The van der Waals surface area contributed by atoms with Gasteiger partial charge in [0.2, 0.25) is 0 Å². The molecule has 0 unspecified atom stereocenters. The van der Waals surface area contributed by atoms with Gasteiger partial charge in [0, 0.05) is 19.6 Å². The normalized spacial score (nSPS) is 10.3. The van der Waals surface area contributed by atoms with Gasteiger partial charge in [0.1, 0.15) is 5.75 Å². The Labute approximate surface area is 125 Å². The SMILES string of the molecule is COc1ccccc1CCNC(=O)C(=O)NCCN(C)C. The van der Waals surface area contributed by atoms with E-state index in [1.165, 1.54) is 0 Å². The summed E-state index contributed by atoms with van der Waals surface area (Å²) < 4.78 is 5.23. The molecule has 0 spiro atoms. The minimum atomic E-state index is -0.608. The molecule has 0 atom stereocenters. The standard InChI is InChI=1S/C15H23N3O3/c1-18(2)11-10-17-15(20)14(19)16-9-8-12-6-4-5-7-13(12)21-3/h4-7H,8-11H2,1-3H3,(H,16,19)(H,17,20). The molecule has 2 amide bonds. The molecular weight excluding hydrogens is 270 g/mol. The third kappa shape index (κ3) is 6.27. The Bertz CT molecular complexity index is 475. The monoisotopic (exact) mass is 293 g/mol. The molecular formula is C15H23N3O3. The van der Waals surface area contributed by atoms with E-state index in [-0.39, 0.29) is 0 Å². The average Bonchev–Trinajstić information content (AvgIpc) is 2.47. The number of methoxy groups -OCH3 is 1. The van der Waals surface area contributed by atoms with Gasteiger partial charge in [-0.2, -0.15) is 0 Å². The number of benzene rings is 1. The number of nitrogens with one attached hydrogen (secondary N) is 2. The van der Waals surface area contributed by atoms with Crippen LogP contribution < -0.4 is 15.4 Å². The van der Waals surface area contributed by atoms with E-state index in [0.717, 1.165) is 11.3 Å². The predicted octanol–water partition coefficient (Wildman–Crippen LogP) is 0.0317. The summed E-state index contributed by atoms with van der Waals surface area (Å²) in [4.78, 5) is 25.0. The summed E-state index contributed by atoms with van der Waals surface area (Å²) in [6.07, 6.45) is 0.612. The fraction of sp³-hybridized carbons (Fsp3) is 0.467. The van der Waals surface area contributed by atoms with Crippen molar-refractivity contribution >= 4 is 11.8 Å². The first-order valence-electron chi connectivity index (χ1n) is 6.87. The van der Waals surface area contributed by atoms with Crippen molar-refractivity contribution in [3.05, 3.63) is 29.8 Å². The predicted molar refractivity (Wildman–Crippen MR) is 81.3 cm³/mol. The molecule has 0 bridgehead atoms. The van der Waals surface area contributed by atoms with E-state index in [1.54, 1.807) is 7.11 Å². The van der Waals surface area contributed by atoms with E-state index in [0.29, 0.717) is 26.1 Å². The van der Waals surface area contributed by atoms with E-state index in [1.807, 2.05) is 43.3 Å². The number of para-hydroxylation sites is 1. The van der Waals surface area contributed by atoms with Crippen LogP contribution in [0.25, 0.3) is 0 Å². The highest BCUT2D eigenvalue weighted by Crippen LogP contribution is 2.17. The Hall–Kier alpha value is -2.08. The lowest BCUT2D eigenvalue weighted by Crippen LogP contribution is -2.42. The van der Waals surface area contributed by atoms with Crippen molar-refractivity contribution in [2.24, 2.45) is 0 Å². The largest absolute Gasteiger partial charge is 0.496 e. The van der Waals surface area contributed by atoms with Crippen molar-refractivity contribution in [1.29, 1.82) is 0 Å². The number of carbonyl (C=O) groups is 2. The van der Waals surface area contributed by atoms with Crippen LogP contribution in [-0.2, 0) is 16.0 Å². The minimum Gasteiger partial charge on any atom is -0.496 e. The van der Waals surface area contributed by atoms with Crippen LogP contribution in [0.2, 0.25) is 0 Å². The topological polar surface area (TPSA) is 70.7 Å². The van der Waals surface area contributed by atoms with Crippen molar-refractivity contribution in [2.75, 3.05) is 40.8 Å². The lowest BCUT2D eigenvalue weighted by Gasteiger charge is -2.11. The van der Waals surface area contributed by atoms with Gasteiger partial charge in [-0.05, 0) is 32.1 Å². The number of rotatable bonds is 7. The fourth-order valence-corrected chi connectivity index (χ4v) is 1.77. The average molecular weight is 293 g/mol. The molecule has 6 heteroatoms. The molecule has 6 nitrogen and oxygen atoms in total. The van der Waals surface area contributed by atoms with Crippen molar-refractivity contribution < 1.29 is 14.3 Å². The van der Waals surface area contributed by atoms with Gasteiger partial charge in [-0.15, -0.1) is 0 Å². The molecule has 1 rings (SSSR count). The summed E-state index contributed by atoms with van der Waals surface area (Å²) in [6.45, 7) is 1.53. The Morgan fingerprint density at radius 1 is 1.10 bits per heavy atom. The van der Waals surface area contributed by atoms with Crippen LogP contribution in [0.1, 0.15) is 5.56 Å². The fourth-order valence-electron chi connectivity index (χ4n) is 1.77. The molecule has 116 valence electrons. The van der Waals surface area contributed by atoms with Crippen molar-refractivity contribution in [3.63, 3.8) is 0 Å². The molecule has 0 aliphatic rings. The highest BCUT2D eigenvalue weighted by Gasteiger charge is 2.12. The highest BCUT2D eigenvalue weighted by molar-refractivity contribution is 6.35. The third-order valence-electron chi connectivity index (χ3n) is 2.92. The first kappa shape index (κ1) is 17.0. The highest BCUT2D eigenvalue weighted by atomic mass is 16.5. The second-order valence-corrected chi connectivity index (χ2v) is 4.88. The molecule has 0 aliphatic carbocycles. The number of amides is 2. The number of likely N-dealkylation sites (N-methyl/N-ethyl adjacent to an activating group) is 1. The van der Waals surface area contributed by atoms with Crippen molar-refractivity contribution in [3.8, 4) is 5.75 Å². The van der Waals surface area contributed by atoms with Crippen LogP contribution in [0.4, 0.5) is 0 Å². The zero-order valence-electron chi connectivity index (χ0n) is 12.8. The van der Waals surface area contributed by atoms with Crippen LogP contribution in [0, 0.1) is 0 Å². The van der Waals surface area contributed by atoms with E-state index in [4.69, 9.17) is 4.74 Å². The molecule has 21 heavy (non-hydrogen) atoms. The van der Waals surface area contributed by atoms with Gasteiger partial charge < -0.3 is 20.3 Å². The number of nitrogens with zero attached hydrogens (tertiary/aromatic N) is 1. The summed E-state index contributed by atoms with van der Waals surface area (Å²) in [6, 6.07) is 7.60. The number of hydrogen-bond donors (Lipinski definition) is 2. The maximum absolute atomic E-state index is 11.6. The van der Waals surface area contributed by atoms with E-state index >= 15 is 0 Å². The van der Waals surface area contributed by atoms with Crippen LogP contribution in [0.15, 0.2) is 24.3 Å². The molecule has 0 radical (unpaired) electrons. The van der Waals surface area contributed by atoms with E-state index in [2.05, 4.69) is 10.6 Å². The molecule has 0 aliphatic heterocycles. The van der Waals surface area contributed by atoms with Crippen LogP contribution in [0.5, 0.6) is 5.75 Å². The van der Waals surface area contributed by atoms with Gasteiger partial charge in [-0.3, -0.25) is 9.59 Å². The lowest BCUT2D eigenvalue weighted by atomic mass is 10.1. The Balaban J connectivity index is 2.31. The molecule has 1 aromatic rings. The van der Waals surface area contributed by atoms with E-state index < -0.39 is 11.8 Å². The number of ether oxygens (including phenoxy) is 1. The van der Waals surface area contributed by atoms with Crippen LogP contribution in [0.3, 0.4) is 0 Å². The number of hydrogen-bond acceptors (Lipinski definition) is 4. The third-order valence-corrected chi connectivity index (χ3v) is 2.92. The lowest BCUT2D eigenvalue weighted by molar-refractivity contribution is -0.139. The van der Waals surface area contributed by atoms with Gasteiger partial charge in [0.15, 0.2) is 0 Å². The molecule has 0 aromatic heterocycles. The molecule has 0 saturated carbocycles. The summed E-state index contributed by atoms with van der Waals surface area (Å²) >= 11 is 0. The van der Waals surface area contributed by atoms with Crippen LogP contribution in [-0.4, -0.2) is 57.6 Å². The summed E-state index contributed by atoms with van der Waals surface area (Å²) in [5.41, 5.74) is 0.994. The van der Waals surface area contributed by atoms with Crippen LogP contribution >= 0.6 is 0 Å². The summed E-state index contributed by atoms with van der Waals surface area (Å²) in [7, 11) is 5.41. The zero-order valence-corrected chi connectivity index (χ0v) is 12.8. The Morgan fingerprint density at radius 3 is 2.33 bits per heavy atom. The first-order chi connectivity index (χ1) is 10.0. The van der Waals surface area contributed by atoms with Crippen molar-refractivity contribution in [1.82, 2.24) is 15.5 Å². The molecule has 0 saturated heterocycles. The second-order valence-electron chi connectivity index (χ2n) is 4.88. The second kappa shape index (κ2) is 8.97. The molecule has 1 aromatic carbocycles. The summed E-state index contributed by atoms with van der Waals surface area (Å²) in [5, 5.41) is 5.17. The smallest absolute Gasteiger partial charge is 0.309 e. The first-order valence-corrected chi connectivity index (χ1v) is 6.87. The summed E-state index contributed by atoms with van der Waals surface area (Å²) in [5.74, 6) is -0.428. The quantitative estimate of drug-likeness (QED) is 0.696.